The number of nitrogens with one attached hydrogen (secondary N) is 1. The second-order valence-electron chi connectivity index (χ2n) is 9.44. The van der Waals surface area contributed by atoms with Crippen LogP contribution in [0.15, 0.2) is 101 Å². The lowest BCUT2D eigenvalue weighted by molar-refractivity contribution is -0.116. The van der Waals surface area contributed by atoms with Gasteiger partial charge < -0.3 is 18.6 Å². The number of carbonyl (C=O) groups is 1. The maximum Gasteiger partial charge on any atom is 0.243 e. The fourth-order valence-electron chi connectivity index (χ4n) is 4.42. The number of nitrogens with zero attached hydrogens (tertiary/aromatic N) is 3. The third kappa shape index (κ3) is 6.72. The molecule has 0 saturated carbocycles. The average molecular weight is 637 g/mol. The molecule has 0 unspecified atom stereocenters. The molecule has 0 aliphatic rings. The number of sulfonamides is 1. The molecule has 5 rings (SSSR count). The van der Waals surface area contributed by atoms with Crippen molar-refractivity contribution < 1.29 is 31.8 Å². The first-order chi connectivity index (χ1) is 21.2. The smallest absolute Gasteiger partial charge is 0.243 e. The quantitative estimate of drug-likeness (QED) is 0.187. The summed E-state index contributed by atoms with van der Waals surface area (Å²) in [6.45, 7) is -0.695. The number of amides is 1. The van der Waals surface area contributed by atoms with Gasteiger partial charge in [0.2, 0.25) is 21.9 Å². The van der Waals surface area contributed by atoms with Crippen molar-refractivity contribution in [3.8, 4) is 34.2 Å². The molecule has 11 nitrogen and oxygen atoms in total. The van der Waals surface area contributed by atoms with Gasteiger partial charge in [0.05, 0.1) is 57.0 Å². The summed E-state index contributed by atoms with van der Waals surface area (Å²) < 4.78 is 51.5. The minimum Gasteiger partial charge on any atom is -0.497 e. The van der Waals surface area contributed by atoms with Crippen LogP contribution in [-0.4, -0.2) is 56.1 Å². The Morgan fingerprint density at radius 1 is 0.955 bits per heavy atom. The molecule has 0 atom stereocenters. The van der Waals surface area contributed by atoms with Crippen LogP contribution >= 0.6 is 11.6 Å². The molecule has 0 fully saturated rings. The first-order valence-corrected chi connectivity index (χ1v) is 15.1. The first-order valence-electron chi connectivity index (χ1n) is 13.3. The van der Waals surface area contributed by atoms with Crippen molar-refractivity contribution in [2.24, 2.45) is 0 Å². The number of methoxy groups -OCH3 is 3. The van der Waals surface area contributed by atoms with Crippen molar-refractivity contribution in [3.63, 3.8) is 0 Å². The van der Waals surface area contributed by atoms with Crippen LogP contribution in [0.25, 0.3) is 16.9 Å². The molecule has 0 bridgehead atoms. The van der Waals surface area contributed by atoms with Crippen molar-refractivity contribution in [3.05, 3.63) is 102 Å². The van der Waals surface area contributed by atoms with Gasteiger partial charge in [-0.25, -0.2) is 13.4 Å². The number of aromatic nitrogens is 2. The maximum absolute atomic E-state index is 13.7. The highest BCUT2D eigenvalue weighted by Crippen LogP contribution is 2.32. The molecule has 3 aromatic carbocycles. The molecule has 1 N–H and O–H groups in total. The normalized spacial score (nSPS) is 11.4. The predicted molar refractivity (Wildman–Crippen MR) is 165 cm³/mol. The summed E-state index contributed by atoms with van der Waals surface area (Å²) >= 11 is 6.08. The van der Waals surface area contributed by atoms with Gasteiger partial charge in [-0.05, 0) is 60.7 Å². The lowest BCUT2D eigenvalue weighted by Gasteiger charge is -2.21. The van der Waals surface area contributed by atoms with E-state index in [1.54, 1.807) is 53.2 Å². The average Bonchev–Trinajstić information content (AvgIpc) is 3.71. The minimum absolute atomic E-state index is 0.00508. The molecule has 0 saturated heterocycles. The van der Waals surface area contributed by atoms with Crippen molar-refractivity contribution in [2.75, 3.05) is 33.2 Å². The molecule has 13 heteroatoms. The van der Waals surface area contributed by atoms with Crippen LogP contribution < -0.4 is 19.5 Å². The Morgan fingerprint density at radius 3 is 2.32 bits per heavy atom. The van der Waals surface area contributed by atoms with Gasteiger partial charge in [0.1, 0.15) is 11.5 Å². The van der Waals surface area contributed by atoms with Crippen LogP contribution in [0.4, 0.5) is 5.95 Å². The van der Waals surface area contributed by atoms with Gasteiger partial charge in [-0.2, -0.15) is 4.31 Å². The number of benzene rings is 3. The van der Waals surface area contributed by atoms with E-state index in [2.05, 4.69) is 10.3 Å². The Kier molecular flexibility index (Phi) is 9.23. The number of anilines is 1. The van der Waals surface area contributed by atoms with E-state index in [1.807, 2.05) is 12.1 Å². The molecule has 2 heterocycles. The van der Waals surface area contributed by atoms with Gasteiger partial charge in [0, 0.05) is 22.8 Å². The second kappa shape index (κ2) is 13.2. The highest BCUT2D eigenvalue weighted by Gasteiger charge is 2.28. The van der Waals surface area contributed by atoms with Crippen LogP contribution in [0.3, 0.4) is 0 Å². The maximum atomic E-state index is 13.7. The molecule has 0 aliphatic carbocycles. The van der Waals surface area contributed by atoms with E-state index in [0.717, 1.165) is 9.87 Å². The monoisotopic (exact) mass is 636 g/mol. The zero-order valence-electron chi connectivity index (χ0n) is 24.1. The Hall–Kier alpha value is -4.78. The third-order valence-corrected chi connectivity index (χ3v) is 8.73. The van der Waals surface area contributed by atoms with Crippen LogP contribution in [0.2, 0.25) is 5.02 Å². The Balaban J connectivity index is 1.49. The van der Waals surface area contributed by atoms with Crippen molar-refractivity contribution in [2.45, 2.75) is 11.4 Å². The zero-order chi connectivity index (χ0) is 31.3. The van der Waals surface area contributed by atoms with E-state index in [1.165, 1.54) is 51.9 Å². The molecular weight excluding hydrogens is 608 g/mol. The third-order valence-electron chi connectivity index (χ3n) is 6.67. The van der Waals surface area contributed by atoms with Crippen LogP contribution in [-0.2, 0) is 21.4 Å². The largest absolute Gasteiger partial charge is 0.497 e. The fraction of sp³-hybridized carbons (Fsp3) is 0.161. The van der Waals surface area contributed by atoms with Gasteiger partial charge in [0.25, 0.3) is 0 Å². The fourth-order valence-corrected chi connectivity index (χ4v) is 5.91. The van der Waals surface area contributed by atoms with E-state index < -0.39 is 22.5 Å². The van der Waals surface area contributed by atoms with E-state index in [0.29, 0.717) is 39.4 Å². The van der Waals surface area contributed by atoms with Gasteiger partial charge in [-0.3, -0.25) is 14.7 Å². The predicted octanol–water partition coefficient (Wildman–Crippen LogP) is 5.64. The summed E-state index contributed by atoms with van der Waals surface area (Å²) in [4.78, 5) is 18.2. The summed E-state index contributed by atoms with van der Waals surface area (Å²) in [6.07, 6.45) is 3.18. The number of imidazole rings is 1. The van der Waals surface area contributed by atoms with Gasteiger partial charge in [-0.15, -0.1) is 0 Å². The number of carbonyl (C=O) groups excluding carboxylic acids is 1. The molecule has 0 spiro atoms. The minimum atomic E-state index is -4.12. The van der Waals surface area contributed by atoms with E-state index >= 15 is 0 Å². The SMILES string of the molecule is COc1ccc(S(=O)(=O)N(CC(=O)Nc2nc(-c3ccc(Cl)cc3)cn2-c2ccc(OC)c(OC)c2)Cc2ccco2)cc1. The number of halogens is 1. The van der Waals surface area contributed by atoms with Gasteiger partial charge >= 0.3 is 0 Å². The van der Waals surface area contributed by atoms with Crippen molar-refractivity contribution >= 4 is 33.5 Å². The van der Waals surface area contributed by atoms with Gasteiger partial charge in [-0.1, -0.05) is 23.7 Å². The molecule has 44 heavy (non-hydrogen) atoms. The van der Waals surface area contributed by atoms with Crippen LogP contribution in [0.1, 0.15) is 5.76 Å². The van der Waals surface area contributed by atoms with E-state index in [9.17, 15) is 13.2 Å². The molecule has 0 aliphatic heterocycles. The molecule has 228 valence electrons. The number of hydrogen-bond acceptors (Lipinski definition) is 8. The summed E-state index contributed by atoms with van der Waals surface area (Å²) in [6, 6.07) is 21.5. The Bertz CT molecular complexity index is 1840. The standard InChI is InChI=1S/C31H29ClN4O7S/c1-40-24-11-13-26(14-12-24)44(38,39)35(18-25-5-4-16-43-25)20-30(37)34-31-33-27(21-6-8-22(32)9-7-21)19-36(31)23-10-15-28(41-2)29(17-23)42-3/h4-17,19H,18,20H2,1-3H3,(H,33,34,37). The molecule has 2 aromatic heterocycles. The molecular formula is C31H29ClN4O7S. The topological polar surface area (TPSA) is 125 Å². The lowest BCUT2D eigenvalue weighted by atomic mass is 10.2. The van der Waals surface area contributed by atoms with Gasteiger partial charge in [0.15, 0.2) is 11.5 Å². The second-order valence-corrected chi connectivity index (χ2v) is 11.8. The zero-order valence-corrected chi connectivity index (χ0v) is 25.6. The van der Waals surface area contributed by atoms with Crippen LogP contribution in [0.5, 0.6) is 17.2 Å². The van der Waals surface area contributed by atoms with Crippen molar-refractivity contribution in [1.82, 2.24) is 13.9 Å². The Morgan fingerprint density at radius 2 is 1.68 bits per heavy atom. The number of hydrogen-bond donors (Lipinski definition) is 1. The molecule has 5 aromatic rings. The van der Waals surface area contributed by atoms with Crippen molar-refractivity contribution in [1.29, 1.82) is 0 Å². The summed E-state index contributed by atoms with van der Waals surface area (Å²) in [5.74, 6) is 1.40. The summed E-state index contributed by atoms with van der Waals surface area (Å²) in [7, 11) is 0.421. The first kappa shape index (κ1) is 30.7. The number of ether oxygens (including phenoxy) is 3. The van der Waals surface area contributed by atoms with E-state index in [4.69, 9.17) is 30.2 Å². The van der Waals surface area contributed by atoms with Crippen LogP contribution in [0, 0.1) is 0 Å². The number of rotatable bonds is 12. The summed E-state index contributed by atoms with van der Waals surface area (Å²) in [5.41, 5.74) is 1.92. The summed E-state index contributed by atoms with van der Waals surface area (Å²) in [5, 5.41) is 3.35. The highest BCUT2D eigenvalue weighted by molar-refractivity contribution is 7.89. The Labute approximate surface area is 259 Å². The van der Waals surface area contributed by atoms with E-state index in [-0.39, 0.29) is 17.4 Å². The molecule has 1 amide bonds. The number of furan rings is 1. The highest BCUT2D eigenvalue weighted by atomic mass is 35.5. The molecule has 0 radical (unpaired) electrons. The lowest BCUT2D eigenvalue weighted by Crippen LogP contribution is -2.37.